The molecule has 0 aliphatic rings. The Morgan fingerprint density at radius 3 is 2.33 bits per heavy atom. The van der Waals surface area contributed by atoms with Crippen LogP contribution in [-0.4, -0.2) is 20.6 Å². The predicted octanol–water partition coefficient (Wildman–Crippen LogP) is 3.41. The molecule has 1 heterocycles. The average molecular weight is 388 g/mol. The van der Waals surface area contributed by atoms with Gasteiger partial charge in [-0.05, 0) is 52.0 Å². The Morgan fingerprint density at radius 2 is 1.86 bits per heavy atom. The van der Waals surface area contributed by atoms with E-state index in [1.54, 1.807) is 24.3 Å². The standard InChI is InChI=1S/C14H14BrNO3S2/c1-9(16-14(17)13-12(15)7-8-20-13)10-3-5-11(6-4-10)21(2,18)19/h3-9H,1-2H3,(H,16,17). The molecule has 1 N–H and O–H groups in total. The van der Waals surface area contributed by atoms with Crippen LogP contribution in [0.25, 0.3) is 0 Å². The highest BCUT2D eigenvalue weighted by atomic mass is 79.9. The predicted molar refractivity (Wildman–Crippen MR) is 87.5 cm³/mol. The normalized spacial score (nSPS) is 12.9. The second-order valence-corrected chi connectivity index (χ2v) is 8.42. The summed E-state index contributed by atoms with van der Waals surface area (Å²) in [4.78, 5) is 13.0. The molecule has 1 aromatic heterocycles. The van der Waals surface area contributed by atoms with E-state index in [0.717, 1.165) is 10.0 Å². The molecular weight excluding hydrogens is 374 g/mol. The van der Waals surface area contributed by atoms with Gasteiger partial charge in [0.1, 0.15) is 4.88 Å². The highest BCUT2D eigenvalue weighted by molar-refractivity contribution is 9.10. The van der Waals surface area contributed by atoms with Crippen LogP contribution in [0.1, 0.15) is 28.2 Å². The van der Waals surface area contributed by atoms with Crippen molar-refractivity contribution in [2.45, 2.75) is 17.9 Å². The van der Waals surface area contributed by atoms with Gasteiger partial charge in [-0.15, -0.1) is 11.3 Å². The molecule has 0 aliphatic heterocycles. The van der Waals surface area contributed by atoms with Crippen molar-refractivity contribution in [2.75, 3.05) is 6.26 Å². The Hall–Kier alpha value is -1.18. The van der Waals surface area contributed by atoms with Crippen LogP contribution in [0.5, 0.6) is 0 Å². The van der Waals surface area contributed by atoms with Gasteiger partial charge >= 0.3 is 0 Å². The maximum absolute atomic E-state index is 12.1. The molecule has 0 saturated heterocycles. The van der Waals surface area contributed by atoms with Gasteiger partial charge in [-0.25, -0.2) is 8.42 Å². The molecule has 1 unspecified atom stereocenters. The van der Waals surface area contributed by atoms with Crippen LogP contribution in [0.3, 0.4) is 0 Å². The van der Waals surface area contributed by atoms with Crippen molar-refractivity contribution in [3.8, 4) is 0 Å². The van der Waals surface area contributed by atoms with E-state index in [0.29, 0.717) is 4.88 Å². The van der Waals surface area contributed by atoms with Gasteiger partial charge in [0.05, 0.1) is 10.9 Å². The summed E-state index contributed by atoms with van der Waals surface area (Å²) in [7, 11) is -3.20. The number of nitrogens with one attached hydrogen (secondary N) is 1. The summed E-state index contributed by atoms with van der Waals surface area (Å²) < 4.78 is 23.6. The molecule has 1 amide bonds. The number of halogens is 1. The topological polar surface area (TPSA) is 63.2 Å². The number of hydrogen-bond acceptors (Lipinski definition) is 4. The number of sulfone groups is 1. The van der Waals surface area contributed by atoms with E-state index in [-0.39, 0.29) is 16.8 Å². The van der Waals surface area contributed by atoms with Crippen molar-refractivity contribution in [1.82, 2.24) is 5.32 Å². The fourth-order valence-corrected chi connectivity index (χ4v) is 3.89. The maximum atomic E-state index is 12.1. The Balaban J connectivity index is 2.12. The second kappa shape index (κ2) is 6.29. The molecular formula is C14H14BrNO3S2. The first-order chi connectivity index (χ1) is 9.79. The number of amides is 1. The Labute approximate surface area is 136 Å². The van der Waals surface area contributed by atoms with E-state index >= 15 is 0 Å². The molecule has 1 atom stereocenters. The summed E-state index contributed by atoms with van der Waals surface area (Å²) in [6.45, 7) is 1.86. The maximum Gasteiger partial charge on any atom is 0.262 e. The summed E-state index contributed by atoms with van der Waals surface area (Å²) in [5.41, 5.74) is 0.850. The van der Waals surface area contributed by atoms with Gasteiger partial charge in [0, 0.05) is 10.7 Å². The lowest BCUT2D eigenvalue weighted by atomic mass is 10.1. The van der Waals surface area contributed by atoms with Crippen LogP contribution in [0.4, 0.5) is 0 Å². The molecule has 0 radical (unpaired) electrons. The molecule has 0 aliphatic carbocycles. The molecule has 0 saturated carbocycles. The minimum atomic E-state index is -3.20. The zero-order valence-electron chi connectivity index (χ0n) is 11.5. The van der Waals surface area contributed by atoms with Crippen LogP contribution in [0, 0.1) is 0 Å². The lowest BCUT2D eigenvalue weighted by molar-refractivity contribution is 0.0943. The van der Waals surface area contributed by atoms with Gasteiger partial charge < -0.3 is 5.32 Å². The highest BCUT2D eigenvalue weighted by Crippen LogP contribution is 2.24. The van der Waals surface area contributed by atoms with Crippen molar-refractivity contribution < 1.29 is 13.2 Å². The van der Waals surface area contributed by atoms with Gasteiger partial charge in [-0.1, -0.05) is 12.1 Å². The SMILES string of the molecule is CC(NC(=O)c1sccc1Br)c1ccc(S(C)(=O)=O)cc1. The zero-order chi connectivity index (χ0) is 15.6. The lowest BCUT2D eigenvalue weighted by Crippen LogP contribution is -2.26. The minimum Gasteiger partial charge on any atom is -0.345 e. The fourth-order valence-electron chi connectivity index (χ4n) is 1.80. The van der Waals surface area contributed by atoms with Crippen molar-refractivity contribution >= 4 is 43.0 Å². The Kier molecular flexibility index (Phi) is 4.85. The summed E-state index contributed by atoms with van der Waals surface area (Å²) in [5, 5.41) is 4.73. The third-order valence-corrected chi connectivity index (χ3v) is 5.94. The smallest absolute Gasteiger partial charge is 0.262 e. The first kappa shape index (κ1) is 16.2. The first-order valence-corrected chi connectivity index (χ1v) is 9.69. The number of benzene rings is 1. The number of carbonyl (C=O) groups is 1. The molecule has 4 nitrogen and oxygen atoms in total. The molecule has 2 rings (SSSR count). The quantitative estimate of drug-likeness (QED) is 0.873. The van der Waals surface area contributed by atoms with E-state index in [2.05, 4.69) is 21.2 Å². The van der Waals surface area contributed by atoms with Gasteiger partial charge in [-0.2, -0.15) is 0 Å². The van der Waals surface area contributed by atoms with E-state index in [4.69, 9.17) is 0 Å². The van der Waals surface area contributed by atoms with Crippen LogP contribution in [-0.2, 0) is 9.84 Å². The zero-order valence-corrected chi connectivity index (χ0v) is 14.7. The molecule has 21 heavy (non-hydrogen) atoms. The third kappa shape index (κ3) is 3.93. The van der Waals surface area contributed by atoms with Crippen molar-refractivity contribution in [1.29, 1.82) is 0 Å². The first-order valence-electron chi connectivity index (χ1n) is 6.13. The van der Waals surface area contributed by atoms with Crippen LogP contribution < -0.4 is 5.32 Å². The molecule has 0 fully saturated rings. The minimum absolute atomic E-state index is 0.156. The third-order valence-electron chi connectivity index (χ3n) is 2.98. The molecule has 1 aromatic carbocycles. The van der Waals surface area contributed by atoms with E-state index < -0.39 is 9.84 Å². The van der Waals surface area contributed by atoms with Crippen LogP contribution in [0.2, 0.25) is 0 Å². The second-order valence-electron chi connectivity index (χ2n) is 4.63. The average Bonchev–Trinajstić information content (AvgIpc) is 2.84. The molecule has 2 aromatic rings. The molecule has 112 valence electrons. The Bertz CT molecular complexity index is 751. The van der Waals surface area contributed by atoms with E-state index in [1.165, 1.54) is 17.6 Å². The fraction of sp³-hybridized carbons (Fsp3) is 0.214. The molecule has 0 bridgehead atoms. The largest absolute Gasteiger partial charge is 0.345 e. The van der Waals surface area contributed by atoms with Gasteiger partial charge in [0.2, 0.25) is 0 Å². The Morgan fingerprint density at radius 1 is 1.24 bits per heavy atom. The summed E-state index contributed by atoms with van der Waals surface area (Å²) in [6, 6.07) is 8.14. The lowest BCUT2D eigenvalue weighted by Gasteiger charge is -2.14. The summed E-state index contributed by atoms with van der Waals surface area (Å²) >= 11 is 4.69. The number of hydrogen-bond donors (Lipinski definition) is 1. The van der Waals surface area contributed by atoms with Crippen molar-refractivity contribution in [3.63, 3.8) is 0 Å². The number of thiophene rings is 1. The van der Waals surface area contributed by atoms with Crippen LogP contribution >= 0.6 is 27.3 Å². The van der Waals surface area contributed by atoms with E-state index in [1.807, 2.05) is 18.4 Å². The van der Waals surface area contributed by atoms with Crippen molar-refractivity contribution in [3.05, 3.63) is 50.6 Å². The van der Waals surface area contributed by atoms with Gasteiger partial charge in [0.25, 0.3) is 5.91 Å². The number of carbonyl (C=O) groups excluding carboxylic acids is 1. The summed E-state index contributed by atoms with van der Waals surface area (Å²) in [6.07, 6.45) is 1.17. The monoisotopic (exact) mass is 387 g/mol. The van der Waals surface area contributed by atoms with Crippen LogP contribution in [0.15, 0.2) is 45.1 Å². The molecule has 0 spiro atoms. The highest BCUT2D eigenvalue weighted by Gasteiger charge is 2.15. The van der Waals surface area contributed by atoms with Gasteiger partial charge in [-0.3, -0.25) is 4.79 Å². The summed E-state index contributed by atoms with van der Waals surface area (Å²) in [5.74, 6) is -0.156. The molecule has 7 heteroatoms. The van der Waals surface area contributed by atoms with Crippen molar-refractivity contribution in [2.24, 2.45) is 0 Å². The van der Waals surface area contributed by atoms with Gasteiger partial charge in [0.15, 0.2) is 9.84 Å². The number of rotatable bonds is 4. The van der Waals surface area contributed by atoms with E-state index in [9.17, 15) is 13.2 Å².